The molecule has 6 heteroatoms. The Morgan fingerprint density at radius 1 is 1.30 bits per heavy atom. The summed E-state index contributed by atoms with van der Waals surface area (Å²) in [6, 6.07) is 5.76. The highest BCUT2D eigenvalue weighted by molar-refractivity contribution is 5.73. The van der Waals surface area contributed by atoms with Gasteiger partial charge in [-0.15, -0.1) is 0 Å². The summed E-state index contributed by atoms with van der Waals surface area (Å²) in [5.41, 5.74) is 3.06. The number of pyridine rings is 1. The van der Waals surface area contributed by atoms with Gasteiger partial charge in [-0.2, -0.15) is 0 Å². The average molecular weight is 316 g/mol. The number of urea groups is 1. The number of hydrogen-bond donors (Lipinski definition) is 1. The van der Waals surface area contributed by atoms with Gasteiger partial charge in [0, 0.05) is 44.0 Å². The second kappa shape index (κ2) is 8.31. The molecule has 0 radical (unpaired) electrons. The van der Waals surface area contributed by atoms with Gasteiger partial charge in [-0.1, -0.05) is 11.2 Å². The number of aromatic nitrogens is 2. The van der Waals surface area contributed by atoms with Gasteiger partial charge >= 0.3 is 6.03 Å². The molecule has 124 valence electrons. The Labute approximate surface area is 136 Å². The van der Waals surface area contributed by atoms with Crippen molar-refractivity contribution in [1.82, 2.24) is 20.4 Å². The maximum atomic E-state index is 12.0. The number of rotatable bonds is 7. The lowest BCUT2D eigenvalue weighted by molar-refractivity contribution is 0.209. The third-order valence-electron chi connectivity index (χ3n) is 3.84. The predicted octanol–water partition coefficient (Wildman–Crippen LogP) is 2.50. The molecule has 23 heavy (non-hydrogen) atoms. The topological polar surface area (TPSA) is 71.3 Å². The average Bonchev–Trinajstić information content (AvgIpc) is 2.88. The molecule has 0 aliphatic carbocycles. The van der Waals surface area contributed by atoms with Crippen LogP contribution in [0.4, 0.5) is 4.79 Å². The lowest BCUT2D eigenvalue weighted by Crippen LogP contribution is -2.38. The summed E-state index contributed by atoms with van der Waals surface area (Å²) in [5, 5.41) is 6.87. The maximum Gasteiger partial charge on any atom is 0.317 e. The Morgan fingerprint density at radius 3 is 2.78 bits per heavy atom. The molecule has 0 saturated heterocycles. The van der Waals surface area contributed by atoms with Gasteiger partial charge in [0.25, 0.3) is 0 Å². The van der Waals surface area contributed by atoms with Crippen LogP contribution >= 0.6 is 0 Å². The van der Waals surface area contributed by atoms with Crippen LogP contribution in [0.25, 0.3) is 0 Å². The van der Waals surface area contributed by atoms with Gasteiger partial charge in [-0.25, -0.2) is 4.79 Å². The Morgan fingerprint density at radius 2 is 2.13 bits per heavy atom. The fourth-order valence-corrected chi connectivity index (χ4v) is 2.38. The van der Waals surface area contributed by atoms with Crippen molar-refractivity contribution in [2.24, 2.45) is 0 Å². The number of carbonyl (C=O) groups is 1. The third kappa shape index (κ3) is 5.09. The van der Waals surface area contributed by atoms with Crippen LogP contribution < -0.4 is 5.32 Å². The minimum absolute atomic E-state index is 0.0558. The highest BCUT2D eigenvalue weighted by Gasteiger charge is 2.10. The zero-order valence-corrected chi connectivity index (χ0v) is 14.0. The van der Waals surface area contributed by atoms with Crippen molar-refractivity contribution in [3.63, 3.8) is 0 Å². The third-order valence-corrected chi connectivity index (χ3v) is 3.84. The number of carbonyl (C=O) groups excluding carboxylic acids is 1. The maximum absolute atomic E-state index is 12.0. The monoisotopic (exact) mass is 316 g/mol. The van der Waals surface area contributed by atoms with E-state index in [0.717, 1.165) is 42.0 Å². The Bertz CT molecular complexity index is 605. The second-order valence-electron chi connectivity index (χ2n) is 5.63. The van der Waals surface area contributed by atoms with E-state index in [1.807, 2.05) is 32.0 Å². The van der Waals surface area contributed by atoms with Crippen molar-refractivity contribution in [2.45, 2.75) is 33.1 Å². The molecule has 0 saturated carbocycles. The van der Waals surface area contributed by atoms with Gasteiger partial charge in [-0.05, 0) is 38.8 Å². The van der Waals surface area contributed by atoms with Crippen LogP contribution in [0.2, 0.25) is 0 Å². The summed E-state index contributed by atoms with van der Waals surface area (Å²) in [5.74, 6) is 0.862. The van der Waals surface area contributed by atoms with E-state index in [1.54, 1.807) is 18.1 Å². The highest BCUT2D eigenvalue weighted by atomic mass is 16.5. The van der Waals surface area contributed by atoms with Gasteiger partial charge in [0.05, 0.1) is 5.69 Å². The summed E-state index contributed by atoms with van der Waals surface area (Å²) >= 11 is 0. The first-order valence-corrected chi connectivity index (χ1v) is 7.88. The molecule has 0 aliphatic rings. The first-order chi connectivity index (χ1) is 11.1. The summed E-state index contributed by atoms with van der Waals surface area (Å²) in [4.78, 5) is 18.0. The lowest BCUT2D eigenvalue weighted by atomic mass is 10.1. The van der Waals surface area contributed by atoms with Crippen LogP contribution in [-0.2, 0) is 12.8 Å². The minimum Gasteiger partial charge on any atom is -0.361 e. The van der Waals surface area contributed by atoms with E-state index in [-0.39, 0.29) is 6.03 Å². The van der Waals surface area contributed by atoms with Gasteiger partial charge in [0.2, 0.25) is 0 Å². The van der Waals surface area contributed by atoms with E-state index in [0.29, 0.717) is 13.1 Å². The number of nitrogens with zero attached hydrogens (tertiary/aromatic N) is 3. The van der Waals surface area contributed by atoms with Crippen molar-refractivity contribution in [1.29, 1.82) is 0 Å². The molecule has 0 atom stereocenters. The number of aryl methyl sites for hydroxylation is 2. The minimum atomic E-state index is -0.0558. The van der Waals surface area contributed by atoms with Gasteiger partial charge in [-0.3, -0.25) is 4.98 Å². The van der Waals surface area contributed by atoms with E-state index < -0.39 is 0 Å². The Kier molecular flexibility index (Phi) is 6.14. The zero-order valence-electron chi connectivity index (χ0n) is 14.0. The standard InChI is InChI=1S/C17H24N4O2/c1-13-16(14(2)23-20-13)8-6-11-19-17(22)21(3)12-9-15-7-4-5-10-18-15/h4-5,7,10H,6,8-9,11-12H2,1-3H3,(H,19,22). The van der Waals surface area contributed by atoms with E-state index in [1.165, 1.54) is 0 Å². The SMILES string of the molecule is Cc1noc(C)c1CCCNC(=O)N(C)CCc1ccccn1. The van der Waals surface area contributed by atoms with Crippen LogP contribution in [0.3, 0.4) is 0 Å². The molecule has 2 amide bonds. The molecule has 2 aromatic rings. The van der Waals surface area contributed by atoms with Crippen LogP contribution in [0, 0.1) is 13.8 Å². The summed E-state index contributed by atoms with van der Waals surface area (Å²) in [6.07, 6.45) is 4.25. The van der Waals surface area contributed by atoms with Crippen molar-refractivity contribution in [3.8, 4) is 0 Å². The lowest BCUT2D eigenvalue weighted by Gasteiger charge is -2.17. The fraction of sp³-hybridized carbons (Fsp3) is 0.471. The van der Waals surface area contributed by atoms with Gasteiger partial charge in [0.1, 0.15) is 5.76 Å². The molecule has 0 aromatic carbocycles. The molecule has 6 nitrogen and oxygen atoms in total. The predicted molar refractivity (Wildman–Crippen MR) is 88.3 cm³/mol. The van der Waals surface area contributed by atoms with E-state index in [2.05, 4.69) is 15.5 Å². The van der Waals surface area contributed by atoms with Gasteiger partial charge in [0.15, 0.2) is 0 Å². The molecule has 0 unspecified atom stereocenters. The summed E-state index contributed by atoms with van der Waals surface area (Å²) in [6.45, 7) is 5.14. The van der Waals surface area contributed by atoms with Crippen LogP contribution in [-0.4, -0.2) is 41.2 Å². The molecule has 0 aliphatic heterocycles. The molecule has 1 N–H and O–H groups in total. The van der Waals surface area contributed by atoms with Crippen molar-refractivity contribution >= 4 is 6.03 Å². The quantitative estimate of drug-likeness (QED) is 0.797. The molecule has 2 aromatic heterocycles. The molecule has 2 heterocycles. The number of likely N-dealkylation sites (N-methyl/N-ethyl adjacent to an activating group) is 1. The van der Waals surface area contributed by atoms with E-state index in [4.69, 9.17) is 4.52 Å². The first-order valence-electron chi connectivity index (χ1n) is 7.88. The molecule has 2 rings (SSSR count). The number of nitrogens with one attached hydrogen (secondary N) is 1. The smallest absolute Gasteiger partial charge is 0.317 e. The highest BCUT2D eigenvalue weighted by Crippen LogP contribution is 2.13. The van der Waals surface area contributed by atoms with Crippen molar-refractivity contribution < 1.29 is 9.32 Å². The number of hydrogen-bond acceptors (Lipinski definition) is 4. The Balaban J connectivity index is 1.66. The Hall–Kier alpha value is -2.37. The van der Waals surface area contributed by atoms with E-state index >= 15 is 0 Å². The van der Waals surface area contributed by atoms with Crippen LogP contribution in [0.5, 0.6) is 0 Å². The normalized spacial score (nSPS) is 10.6. The number of amides is 2. The van der Waals surface area contributed by atoms with Crippen molar-refractivity contribution in [3.05, 3.63) is 47.1 Å². The van der Waals surface area contributed by atoms with Crippen LogP contribution in [0.1, 0.15) is 29.1 Å². The van der Waals surface area contributed by atoms with E-state index in [9.17, 15) is 4.79 Å². The zero-order chi connectivity index (χ0) is 16.7. The second-order valence-corrected chi connectivity index (χ2v) is 5.63. The summed E-state index contributed by atoms with van der Waals surface area (Å²) in [7, 11) is 1.80. The first kappa shape index (κ1) is 17.0. The largest absolute Gasteiger partial charge is 0.361 e. The van der Waals surface area contributed by atoms with Gasteiger partial charge < -0.3 is 14.7 Å². The molecule has 0 fully saturated rings. The molecular formula is C17H24N4O2. The van der Waals surface area contributed by atoms with Crippen LogP contribution in [0.15, 0.2) is 28.9 Å². The van der Waals surface area contributed by atoms with Crippen molar-refractivity contribution in [2.75, 3.05) is 20.1 Å². The fourth-order valence-electron chi connectivity index (χ4n) is 2.38. The summed E-state index contributed by atoms with van der Waals surface area (Å²) < 4.78 is 5.13. The molecule has 0 bridgehead atoms. The molecular weight excluding hydrogens is 292 g/mol. The molecule has 0 spiro atoms.